The summed E-state index contributed by atoms with van der Waals surface area (Å²) < 4.78 is 12.4. The smallest absolute Gasteiger partial charge is 0.163 e. The Morgan fingerprint density at radius 1 is 0.905 bits per heavy atom. The molecular formula is C18H35ClO2. The van der Waals surface area contributed by atoms with Gasteiger partial charge in [0.1, 0.15) is 0 Å². The van der Waals surface area contributed by atoms with Crippen molar-refractivity contribution < 1.29 is 9.47 Å². The van der Waals surface area contributed by atoms with Crippen molar-refractivity contribution in [2.75, 3.05) is 5.88 Å². The SMILES string of the molecule is CCCCCC[C@@H]1C[C@@H](CCCCCl)O[C@H](C(C)(C)C)O1. The Morgan fingerprint density at radius 3 is 1.95 bits per heavy atom. The van der Waals surface area contributed by atoms with Gasteiger partial charge in [-0.1, -0.05) is 53.4 Å². The van der Waals surface area contributed by atoms with Crippen molar-refractivity contribution in [3.63, 3.8) is 0 Å². The zero-order chi connectivity index (χ0) is 15.7. The molecular weight excluding hydrogens is 284 g/mol. The lowest BCUT2D eigenvalue weighted by Crippen LogP contribution is -2.44. The van der Waals surface area contributed by atoms with Crippen LogP contribution in [-0.2, 0) is 9.47 Å². The van der Waals surface area contributed by atoms with Gasteiger partial charge in [-0.2, -0.15) is 0 Å². The van der Waals surface area contributed by atoms with Gasteiger partial charge < -0.3 is 9.47 Å². The molecule has 1 rings (SSSR count). The largest absolute Gasteiger partial charge is 0.349 e. The molecule has 1 saturated heterocycles. The van der Waals surface area contributed by atoms with E-state index in [1.54, 1.807) is 0 Å². The summed E-state index contributed by atoms with van der Waals surface area (Å²) in [7, 11) is 0. The van der Waals surface area contributed by atoms with Gasteiger partial charge in [0.05, 0.1) is 12.2 Å². The van der Waals surface area contributed by atoms with E-state index in [4.69, 9.17) is 21.1 Å². The van der Waals surface area contributed by atoms with Crippen LogP contribution in [-0.4, -0.2) is 24.4 Å². The quantitative estimate of drug-likeness (QED) is 0.388. The lowest BCUT2D eigenvalue weighted by Gasteiger charge is -2.41. The molecule has 3 atom stereocenters. The summed E-state index contributed by atoms with van der Waals surface area (Å²) in [5.41, 5.74) is 0.0484. The van der Waals surface area contributed by atoms with Crippen molar-refractivity contribution in [2.24, 2.45) is 5.41 Å². The summed E-state index contributed by atoms with van der Waals surface area (Å²) in [6.07, 6.45) is 11.5. The Kier molecular flexibility index (Phi) is 9.24. The lowest BCUT2D eigenvalue weighted by molar-refractivity contribution is -0.281. The van der Waals surface area contributed by atoms with E-state index in [-0.39, 0.29) is 11.7 Å². The van der Waals surface area contributed by atoms with Crippen LogP contribution in [0.2, 0.25) is 0 Å². The summed E-state index contributed by atoms with van der Waals surface area (Å²) >= 11 is 5.78. The Hall–Kier alpha value is 0.210. The highest BCUT2D eigenvalue weighted by atomic mass is 35.5. The Labute approximate surface area is 136 Å². The summed E-state index contributed by atoms with van der Waals surface area (Å²) in [5, 5.41) is 0. The number of rotatable bonds is 9. The van der Waals surface area contributed by atoms with E-state index in [1.165, 1.54) is 32.1 Å². The monoisotopic (exact) mass is 318 g/mol. The summed E-state index contributed by atoms with van der Waals surface area (Å²) in [5.74, 6) is 0.756. The van der Waals surface area contributed by atoms with E-state index in [0.717, 1.165) is 31.6 Å². The number of unbranched alkanes of at least 4 members (excludes halogenated alkanes) is 4. The molecule has 0 aromatic rings. The van der Waals surface area contributed by atoms with Crippen LogP contribution in [0, 0.1) is 5.41 Å². The highest BCUT2D eigenvalue weighted by molar-refractivity contribution is 6.17. The zero-order valence-electron chi connectivity index (χ0n) is 14.5. The molecule has 0 aliphatic carbocycles. The average Bonchev–Trinajstić information content (AvgIpc) is 2.43. The van der Waals surface area contributed by atoms with E-state index in [1.807, 2.05) is 0 Å². The zero-order valence-corrected chi connectivity index (χ0v) is 15.3. The molecule has 0 spiro atoms. The molecule has 0 aromatic heterocycles. The standard InChI is InChI=1S/C18H35ClO2/c1-5-6-7-8-11-15-14-16(12-9-10-13-19)21-17(20-15)18(2,3)4/h15-17H,5-14H2,1-4H3/t15-,16-,17-/m1/s1. The van der Waals surface area contributed by atoms with Gasteiger partial charge in [0.2, 0.25) is 0 Å². The highest BCUT2D eigenvalue weighted by Gasteiger charge is 2.36. The first-order valence-corrected chi connectivity index (χ1v) is 9.37. The maximum absolute atomic E-state index is 6.22. The second-order valence-corrected chi connectivity index (χ2v) is 7.86. The third-order valence-corrected chi connectivity index (χ3v) is 4.42. The summed E-state index contributed by atoms with van der Waals surface area (Å²) in [6, 6.07) is 0. The first-order chi connectivity index (χ1) is 9.97. The third kappa shape index (κ3) is 7.85. The predicted molar refractivity (Wildman–Crippen MR) is 90.9 cm³/mol. The van der Waals surface area contributed by atoms with Gasteiger partial charge >= 0.3 is 0 Å². The third-order valence-electron chi connectivity index (χ3n) is 4.15. The molecule has 21 heavy (non-hydrogen) atoms. The minimum Gasteiger partial charge on any atom is -0.349 e. The minimum atomic E-state index is -0.0663. The number of hydrogen-bond donors (Lipinski definition) is 0. The van der Waals surface area contributed by atoms with Crippen molar-refractivity contribution in [3.8, 4) is 0 Å². The van der Waals surface area contributed by atoms with E-state index < -0.39 is 0 Å². The summed E-state index contributed by atoms with van der Waals surface area (Å²) in [6.45, 7) is 8.86. The van der Waals surface area contributed by atoms with Crippen LogP contribution >= 0.6 is 11.6 Å². The molecule has 0 amide bonds. The minimum absolute atomic E-state index is 0.0484. The Bertz CT molecular complexity index is 262. The number of alkyl halides is 1. The fourth-order valence-corrected chi connectivity index (χ4v) is 3.02. The molecule has 0 aromatic carbocycles. The fourth-order valence-electron chi connectivity index (χ4n) is 2.83. The van der Waals surface area contributed by atoms with E-state index in [2.05, 4.69) is 27.7 Å². The second kappa shape index (κ2) is 10.1. The van der Waals surface area contributed by atoms with Crippen LogP contribution in [0.3, 0.4) is 0 Å². The first-order valence-electron chi connectivity index (χ1n) is 8.84. The van der Waals surface area contributed by atoms with Crippen molar-refractivity contribution in [1.82, 2.24) is 0 Å². The van der Waals surface area contributed by atoms with Gasteiger partial charge in [-0.15, -0.1) is 11.6 Å². The lowest BCUT2D eigenvalue weighted by atomic mass is 9.92. The molecule has 1 fully saturated rings. The van der Waals surface area contributed by atoms with Gasteiger partial charge in [-0.25, -0.2) is 0 Å². The number of halogens is 1. The van der Waals surface area contributed by atoms with Gasteiger partial charge in [-0.05, 0) is 32.1 Å². The topological polar surface area (TPSA) is 18.5 Å². The molecule has 3 heteroatoms. The van der Waals surface area contributed by atoms with Crippen LogP contribution in [0.15, 0.2) is 0 Å². The van der Waals surface area contributed by atoms with Gasteiger partial charge in [0, 0.05) is 11.3 Å². The van der Waals surface area contributed by atoms with Crippen LogP contribution in [0.5, 0.6) is 0 Å². The highest BCUT2D eigenvalue weighted by Crippen LogP contribution is 2.34. The number of hydrogen-bond acceptors (Lipinski definition) is 2. The predicted octanol–water partition coefficient (Wildman–Crippen LogP) is 5.91. The second-order valence-electron chi connectivity index (χ2n) is 7.48. The molecule has 0 bridgehead atoms. The van der Waals surface area contributed by atoms with E-state index >= 15 is 0 Å². The fraction of sp³-hybridized carbons (Fsp3) is 1.00. The molecule has 1 aliphatic rings. The van der Waals surface area contributed by atoms with E-state index in [0.29, 0.717) is 12.2 Å². The van der Waals surface area contributed by atoms with Crippen LogP contribution < -0.4 is 0 Å². The van der Waals surface area contributed by atoms with Crippen LogP contribution in [0.4, 0.5) is 0 Å². The van der Waals surface area contributed by atoms with Gasteiger partial charge in [0.25, 0.3) is 0 Å². The molecule has 0 radical (unpaired) electrons. The Balaban J connectivity index is 2.45. The van der Waals surface area contributed by atoms with Crippen LogP contribution in [0.1, 0.15) is 85.5 Å². The maximum Gasteiger partial charge on any atom is 0.163 e. The van der Waals surface area contributed by atoms with Crippen molar-refractivity contribution in [1.29, 1.82) is 0 Å². The molecule has 0 N–H and O–H groups in total. The molecule has 0 saturated carbocycles. The van der Waals surface area contributed by atoms with Crippen molar-refractivity contribution in [3.05, 3.63) is 0 Å². The van der Waals surface area contributed by atoms with E-state index in [9.17, 15) is 0 Å². The number of ether oxygens (including phenoxy) is 2. The molecule has 1 aliphatic heterocycles. The van der Waals surface area contributed by atoms with Crippen LogP contribution in [0.25, 0.3) is 0 Å². The van der Waals surface area contributed by atoms with Crippen molar-refractivity contribution >= 4 is 11.6 Å². The van der Waals surface area contributed by atoms with Crippen molar-refractivity contribution in [2.45, 2.75) is 104 Å². The molecule has 0 unspecified atom stereocenters. The van der Waals surface area contributed by atoms with Gasteiger partial charge in [-0.3, -0.25) is 0 Å². The summed E-state index contributed by atoms with van der Waals surface area (Å²) in [4.78, 5) is 0. The molecule has 1 heterocycles. The first kappa shape index (κ1) is 19.3. The normalized spacial score (nSPS) is 27.0. The average molecular weight is 319 g/mol. The molecule has 126 valence electrons. The van der Waals surface area contributed by atoms with Gasteiger partial charge in [0.15, 0.2) is 6.29 Å². The maximum atomic E-state index is 6.22. The Morgan fingerprint density at radius 2 is 1.48 bits per heavy atom. The molecule has 2 nitrogen and oxygen atoms in total.